The monoisotopic (exact) mass is 1850 g/mol. The lowest BCUT2D eigenvalue weighted by Gasteiger charge is -2.36. The zero-order valence-corrected chi connectivity index (χ0v) is 91.4. The fraction of sp³-hybridized carbons (Fsp3) is 0.433. The fourth-order valence-electron chi connectivity index (χ4n) is 18.4. The number of aryl methyl sites for hydroxylation is 18. The van der Waals surface area contributed by atoms with Crippen molar-refractivity contribution in [1.82, 2.24) is 19.9 Å². The van der Waals surface area contributed by atoms with Gasteiger partial charge in [0.2, 0.25) is 0 Å². The molecule has 738 valence electrons. The molecule has 0 aliphatic heterocycles. The lowest BCUT2D eigenvalue weighted by atomic mass is 9.70. The van der Waals surface area contributed by atoms with Gasteiger partial charge in [-0.2, -0.15) is 0 Å². The molecule has 0 atom stereocenters. The van der Waals surface area contributed by atoms with E-state index in [1.54, 1.807) is 49.2 Å². The quantitative estimate of drug-likeness (QED) is 0.172. The Kier molecular flexibility index (Phi) is 54.3. The predicted molar refractivity (Wildman–Crippen MR) is 609 cm³/mol. The zero-order valence-electron chi connectivity index (χ0n) is 91.4. The highest BCUT2D eigenvalue weighted by Gasteiger charge is 2.29. The molecule has 5 aliphatic rings. The van der Waals surface area contributed by atoms with Gasteiger partial charge in [0.25, 0.3) is 0 Å². The molecule has 12 aromatic carbocycles. The first-order chi connectivity index (χ1) is 66.3. The minimum Gasteiger partial charge on any atom is -0.258 e. The van der Waals surface area contributed by atoms with Crippen LogP contribution in [0.5, 0.6) is 0 Å². The summed E-state index contributed by atoms with van der Waals surface area (Å²) in [6.07, 6.45) is 36.5. The number of hydrogen-bond acceptors (Lipinski definition) is 4. The Bertz CT molecular complexity index is 5260. The van der Waals surface area contributed by atoms with Crippen LogP contribution in [0.4, 0.5) is 0 Å². The molecule has 4 nitrogen and oxygen atoms in total. The van der Waals surface area contributed by atoms with Gasteiger partial charge in [0.05, 0.1) is 11.4 Å². The maximum absolute atomic E-state index is 4.02. The highest BCUT2D eigenvalue weighted by Crippen LogP contribution is 2.42. The van der Waals surface area contributed by atoms with Gasteiger partial charge in [0.1, 0.15) is 5.82 Å². The van der Waals surface area contributed by atoms with Crippen molar-refractivity contribution in [3.8, 4) is 22.3 Å². The first kappa shape index (κ1) is 116. The molecule has 0 N–H and O–H groups in total. The average molecular weight is 1850 g/mol. The van der Waals surface area contributed by atoms with E-state index in [0.717, 1.165) is 82.0 Å². The van der Waals surface area contributed by atoms with E-state index >= 15 is 0 Å². The van der Waals surface area contributed by atoms with Gasteiger partial charge in [-0.15, -0.1) is 0 Å². The average Bonchev–Trinajstić information content (AvgIpc) is 0.833. The van der Waals surface area contributed by atoms with E-state index in [0.29, 0.717) is 0 Å². The van der Waals surface area contributed by atoms with E-state index in [2.05, 4.69) is 425 Å². The summed E-state index contributed by atoms with van der Waals surface area (Å²) in [5.74, 6) is 10.7. The van der Waals surface area contributed by atoms with Crippen LogP contribution in [0.15, 0.2) is 292 Å². The van der Waals surface area contributed by atoms with E-state index in [-0.39, 0.29) is 0 Å². The molecule has 5 fully saturated rings. The van der Waals surface area contributed by atoms with Crippen molar-refractivity contribution in [3.63, 3.8) is 0 Å². The van der Waals surface area contributed by atoms with Gasteiger partial charge in [0, 0.05) is 24.8 Å². The molecule has 19 rings (SSSR count). The second kappa shape index (κ2) is 64.5. The van der Waals surface area contributed by atoms with Gasteiger partial charge in [0.15, 0.2) is 0 Å². The fourth-order valence-corrected chi connectivity index (χ4v) is 18.4. The van der Waals surface area contributed by atoms with Crippen LogP contribution >= 0.6 is 0 Å². The zero-order chi connectivity index (χ0) is 101. The molecule has 2 aromatic heterocycles. The summed E-state index contributed by atoms with van der Waals surface area (Å²) < 4.78 is 0. The van der Waals surface area contributed by atoms with Crippen LogP contribution in [0.1, 0.15) is 321 Å². The third-order valence-electron chi connectivity index (χ3n) is 28.3. The molecule has 138 heavy (non-hydrogen) atoms. The largest absolute Gasteiger partial charge is 0.258 e. The summed E-state index contributed by atoms with van der Waals surface area (Å²) in [7, 11) is 0. The van der Waals surface area contributed by atoms with Crippen LogP contribution in [0, 0.1) is 172 Å². The van der Waals surface area contributed by atoms with Crippen molar-refractivity contribution in [2.75, 3.05) is 0 Å². The van der Waals surface area contributed by atoms with Crippen LogP contribution in [0.3, 0.4) is 0 Å². The standard InChI is InChI=1S/C14H26.2C14H20.2C14H14.2C11H10.2C9H12.C8H16.2C6H8N2.2C2H6/c4*1-11-3-7-13(8-4-11)14-9-5-12(2)6-10-14;1-11-7-3-5-9-13(11)14-10-6-4-8-12(14)2;1-9-5-4-7-10-6-2-3-8-11(9)10;1-9-6-7-10-4-2-3-5-11(10)8-9;2*1-7-4-5-8(2)9(3)6-7;1-7-3-5-8(2)6-4-7;1-5-3-8-6(2)4-7-5;1-5-3-7-6(2)8-4-5;2*1-2/h11-14H,3-10H2,1-2H3;2*3-4,7-8,12,14H,5-6,9-10H2,1-2H3;2*3-10H,1-2H3;2*2-8H,1H3;2*4-6H,1-3H3;7-8H,3-6H2,1-2H3;2*3-4H,1-2H3;2*1-2H3. The molecule has 5 saturated carbocycles. The van der Waals surface area contributed by atoms with Crippen molar-refractivity contribution in [2.24, 2.45) is 47.3 Å². The van der Waals surface area contributed by atoms with Crippen molar-refractivity contribution in [2.45, 2.75) is 334 Å². The Balaban J connectivity index is 0.000000231. The van der Waals surface area contributed by atoms with Crippen LogP contribution < -0.4 is 0 Å². The number of fused-ring (bicyclic) bond motifs is 2. The molecule has 14 aromatic rings. The Hall–Kier alpha value is -10.7. The minimum absolute atomic E-state index is 0.829. The van der Waals surface area contributed by atoms with Gasteiger partial charge in [-0.3, -0.25) is 9.97 Å². The van der Waals surface area contributed by atoms with Crippen LogP contribution in [-0.4, -0.2) is 19.9 Å². The van der Waals surface area contributed by atoms with Crippen molar-refractivity contribution in [1.29, 1.82) is 0 Å². The lowest BCUT2D eigenvalue weighted by molar-refractivity contribution is 0.155. The molecule has 0 amide bonds. The third kappa shape index (κ3) is 44.6. The Labute approximate surface area is 843 Å². The van der Waals surface area contributed by atoms with E-state index < -0.39 is 0 Å². The summed E-state index contributed by atoms with van der Waals surface area (Å²) in [4.78, 5) is 16.0. The molecule has 0 saturated heterocycles. The summed E-state index contributed by atoms with van der Waals surface area (Å²) >= 11 is 0. The number of rotatable bonds is 5. The number of aromatic nitrogens is 4. The second-order valence-corrected chi connectivity index (χ2v) is 40.9. The SMILES string of the molecule is CC.CC.CC1CCC(C)CC1.CC1CCC(C2CCC(C)CC2)CC1.Cc1ccc(-c2ccc(C)cc2)cc1.Cc1ccc(C)c(C)c1.Cc1ccc(C)c(C)c1.Cc1ccc(C2CCC(C)CC2)cc1.Cc1ccc(C2CCC(C)CC2)cc1.Cc1ccc2ccccc2c1.Cc1cccc2ccccc12.Cc1ccccc1-c1ccccc1C.Cc1cnc(C)cn1.Cc1cnc(C)nc1. The lowest BCUT2D eigenvalue weighted by Crippen LogP contribution is -2.24. The van der Waals surface area contributed by atoms with Gasteiger partial charge in [-0.1, -0.05) is 452 Å². The molecule has 0 bridgehead atoms. The minimum atomic E-state index is 0.829. The molecule has 0 radical (unpaired) electrons. The van der Waals surface area contributed by atoms with Gasteiger partial charge >= 0.3 is 0 Å². The summed E-state index contributed by atoms with van der Waals surface area (Å²) in [6, 6.07) is 95.3. The second-order valence-electron chi connectivity index (χ2n) is 40.9. The van der Waals surface area contributed by atoms with Gasteiger partial charge in [-0.05, 0) is 335 Å². The number of benzene rings is 12. The summed E-state index contributed by atoms with van der Waals surface area (Å²) in [6.45, 7) is 59.9. The smallest absolute Gasteiger partial charge is 0.125 e. The molecule has 0 unspecified atom stereocenters. The van der Waals surface area contributed by atoms with Crippen LogP contribution in [0.2, 0.25) is 0 Å². The Morgan fingerprint density at radius 2 is 0.478 bits per heavy atom. The normalized spacial score (nSPS) is 18.6. The summed E-state index contributed by atoms with van der Waals surface area (Å²) in [5.41, 5.74) is 30.3. The maximum Gasteiger partial charge on any atom is 0.125 e. The Morgan fingerprint density at radius 3 is 0.812 bits per heavy atom. The van der Waals surface area contributed by atoms with E-state index in [9.17, 15) is 0 Å². The molecule has 4 heteroatoms. The molecular formula is C134H182N4. The molecular weight excluding hydrogens is 1670 g/mol. The van der Waals surface area contributed by atoms with Crippen molar-refractivity contribution in [3.05, 3.63) is 403 Å². The molecule has 0 spiro atoms. The van der Waals surface area contributed by atoms with Crippen LogP contribution in [0.25, 0.3) is 43.8 Å². The van der Waals surface area contributed by atoms with E-state index in [1.165, 1.54) is 224 Å². The number of nitrogens with zero attached hydrogens (tertiary/aromatic N) is 4. The number of hydrogen-bond donors (Lipinski definition) is 0. The predicted octanol–water partition coefficient (Wildman–Crippen LogP) is 39.7. The topological polar surface area (TPSA) is 51.6 Å². The van der Waals surface area contributed by atoms with Gasteiger partial charge < -0.3 is 0 Å². The Morgan fingerprint density at radius 1 is 0.196 bits per heavy atom. The molecule has 5 aliphatic carbocycles. The van der Waals surface area contributed by atoms with E-state index in [1.807, 2.05) is 67.8 Å². The van der Waals surface area contributed by atoms with Gasteiger partial charge in [-0.25, -0.2) is 9.97 Å². The third-order valence-corrected chi connectivity index (χ3v) is 28.3. The first-order valence-corrected chi connectivity index (χ1v) is 53.2. The van der Waals surface area contributed by atoms with Crippen molar-refractivity contribution < 1.29 is 0 Å². The highest BCUT2D eigenvalue weighted by atomic mass is 14.8. The van der Waals surface area contributed by atoms with E-state index in [4.69, 9.17) is 0 Å². The maximum atomic E-state index is 4.02. The first-order valence-electron chi connectivity index (χ1n) is 53.2. The summed E-state index contributed by atoms with van der Waals surface area (Å²) in [5, 5.41) is 5.33. The highest BCUT2D eigenvalue weighted by molar-refractivity contribution is 5.85. The van der Waals surface area contributed by atoms with Crippen molar-refractivity contribution >= 4 is 21.5 Å². The van der Waals surface area contributed by atoms with Crippen LogP contribution in [-0.2, 0) is 0 Å². The molecule has 2 heterocycles.